The van der Waals surface area contributed by atoms with E-state index in [1.807, 2.05) is 13.0 Å². The van der Waals surface area contributed by atoms with Crippen LogP contribution in [0.25, 0.3) is 0 Å². The summed E-state index contributed by atoms with van der Waals surface area (Å²) >= 11 is 7.11. The number of carbonyl (C=O) groups is 1. The first-order valence-electron chi connectivity index (χ1n) is 5.54. The monoisotopic (exact) mass is 297 g/mol. The van der Waals surface area contributed by atoms with Crippen molar-refractivity contribution in [3.63, 3.8) is 0 Å². The first kappa shape index (κ1) is 13.8. The molecule has 2 rings (SSSR count). The minimum absolute atomic E-state index is 0.119. The van der Waals surface area contributed by atoms with Crippen LogP contribution in [0.3, 0.4) is 0 Å². The number of carboxylic acid groups (broad SMARTS) is 1. The fourth-order valence-electron chi connectivity index (χ4n) is 1.57. The largest absolute Gasteiger partial charge is 0.480 e. The Kier molecular flexibility index (Phi) is 4.34. The maximum absolute atomic E-state index is 10.9. The van der Waals surface area contributed by atoms with Crippen LogP contribution in [0.4, 0.5) is 5.82 Å². The number of halogens is 1. The van der Waals surface area contributed by atoms with Gasteiger partial charge in [0.25, 0.3) is 0 Å². The van der Waals surface area contributed by atoms with E-state index in [-0.39, 0.29) is 6.54 Å². The topological polar surface area (TPSA) is 66.3 Å². The lowest BCUT2D eigenvalue weighted by Crippen LogP contribution is -2.29. The lowest BCUT2D eigenvalue weighted by Gasteiger charge is -2.20. The zero-order valence-corrected chi connectivity index (χ0v) is 11.8. The van der Waals surface area contributed by atoms with Crippen LogP contribution in [0.1, 0.15) is 10.4 Å². The molecular weight excluding hydrogens is 286 g/mol. The van der Waals surface area contributed by atoms with Gasteiger partial charge in [0.1, 0.15) is 12.4 Å². The van der Waals surface area contributed by atoms with Gasteiger partial charge >= 0.3 is 5.97 Å². The highest BCUT2D eigenvalue weighted by molar-refractivity contribution is 7.15. The Balaban J connectivity index is 2.20. The quantitative estimate of drug-likeness (QED) is 0.919. The predicted molar refractivity (Wildman–Crippen MR) is 74.8 cm³/mol. The van der Waals surface area contributed by atoms with E-state index in [4.69, 9.17) is 16.7 Å². The Bertz CT molecular complexity index is 571. The fraction of sp³-hybridized carbons (Fsp3) is 0.250. The molecule has 0 amide bonds. The summed E-state index contributed by atoms with van der Waals surface area (Å²) < 4.78 is 0.446. The third-order valence-electron chi connectivity index (χ3n) is 2.42. The van der Waals surface area contributed by atoms with Gasteiger partial charge in [0.05, 0.1) is 6.54 Å². The summed E-state index contributed by atoms with van der Waals surface area (Å²) in [4.78, 5) is 21.7. The van der Waals surface area contributed by atoms with Gasteiger partial charge < -0.3 is 10.0 Å². The molecule has 7 heteroatoms. The fourth-order valence-corrected chi connectivity index (χ4v) is 2.57. The molecule has 0 atom stereocenters. The van der Waals surface area contributed by atoms with Crippen LogP contribution < -0.4 is 4.90 Å². The van der Waals surface area contributed by atoms with Crippen molar-refractivity contribution in [1.82, 2.24) is 9.97 Å². The van der Waals surface area contributed by atoms with Gasteiger partial charge in [-0.2, -0.15) is 0 Å². The molecule has 2 aromatic heterocycles. The van der Waals surface area contributed by atoms with Gasteiger partial charge in [-0.3, -0.25) is 4.79 Å². The van der Waals surface area contributed by atoms with E-state index < -0.39 is 5.97 Å². The molecule has 0 aliphatic heterocycles. The summed E-state index contributed by atoms with van der Waals surface area (Å²) in [5, 5.41) is 8.98. The van der Waals surface area contributed by atoms with Crippen LogP contribution >= 0.6 is 22.9 Å². The number of aromatic nitrogens is 2. The Morgan fingerprint density at radius 3 is 2.74 bits per heavy atom. The molecule has 5 nitrogen and oxygen atoms in total. The van der Waals surface area contributed by atoms with Crippen molar-refractivity contribution in [3.8, 4) is 0 Å². The molecule has 0 radical (unpaired) electrons. The summed E-state index contributed by atoms with van der Waals surface area (Å²) in [6, 6.07) is 3.71. The average molecular weight is 298 g/mol. The van der Waals surface area contributed by atoms with Gasteiger partial charge in [-0.1, -0.05) is 17.7 Å². The average Bonchev–Trinajstić information content (AvgIpc) is 2.74. The van der Waals surface area contributed by atoms with E-state index in [0.29, 0.717) is 16.8 Å². The number of aliphatic carboxylic acids is 1. The molecule has 1 N–H and O–H groups in total. The molecule has 0 aliphatic carbocycles. The zero-order valence-electron chi connectivity index (χ0n) is 10.2. The molecule has 100 valence electrons. The maximum Gasteiger partial charge on any atom is 0.323 e. The van der Waals surface area contributed by atoms with Crippen LogP contribution in [0, 0.1) is 6.92 Å². The normalized spacial score (nSPS) is 10.4. The molecule has 0 unspecified atom stereocenters. The van der Waals surface area contributed by atoms with Gasteiger partial charge in [-0.15, -0.1) is 11.3 Å². The number of hydrogen-bond acceptors (Lipinski definition) is 5. The number of carboxylic acids is 1. The Labute approximate surface area is 119 Å². The molecule has 0 aliphatic rings. The zero-order chi connectivity index (χ0) is 13.8. The minimum atomic E-state index is -0.905. The third kappa shape index (κ3) is 3.90. The number of pyridine rings is 1. The second-order valence-electron chi connectivity index (χ2n) is 4.02. The molecular formula is C12H12ClN3O2S. The second kappa shape index (κ2) is 5.99. The third-order valence-corrected chi connectivity index (χ3v) is 3.52. The molecule has 2 heterocycles. The number of nitrogens with zero attached hydrogens (tertiary/aromatic N) is 3. The predicted octanol–water partition coefficient (Wildman–Crippen LogP) is 2.59. The van der Waals surface area contributed by atoms with Crippen molar-refractivity contribution in [1.29, 1.82) is 0 Å². The van der Waals surface area contributed by atoms with Gasteiger partial charge in [0.15, 0.2) is 4.47 Å². The summed E-state index contributed by atoms with van der Waals surface area (Å²) in [6.07, 6.45) is 3.36. The van der Waals surface area contributed by atoms with Gasteiger partial charge in [-0.05, 0) is 18.6 Å². The number of aryl methyl sites for hydroxylation is 1. The Morgan fingerprint density at radius 1 is 1.42 bits per heavy atom. The summed E-state index contributed by atoms with van der Waals surface area (Å²) in [5.74, 6) is -0.282. The lowest BCUT2D eigenvalue weighted by molar-refractivity contribution is -0.135. The first-order valence-corrected chi connectivity index (χ1v) is 6.73. The van der Waals surface area contributed by atoms with Gasteiger partial charge in [-0.25, -0.2) is 9.97 Å². The van der Waals surface area contributed by atoms with Gasteiger partial charge in [0, 0.05) is 17.3 Å². The molecule has 0 fully saturated rings. The maximum atomic E-state index is 10.9. The minimum Gasteiger partial charge on any atom is -0.480 e. The first-order chi connectivity index (χ1) is 9.04. The molecule has 19 heavy (non-hydrogen) atoms. The van der Waals surface area contributed by atoms with Crippen LogP contribution in [-0.2, 0) is 11.3 Å². The van der Waals surface area contributed by atoms with Crippen molar-refractivity contribution in [2.45, 2.75) is 13.5 Å². The van der Waals surface area contributed by atoms with E-state index >= 15 is 0 Å². The van der Waals surface area contributed by atoms with Crippen LogP contribution in [-0.4, -0.2) is 27.6 Å². The number of thiazole rings is 1. The van der Waals surface area contributed by atoms with Gasteiger partial charge in [0.2, 0.25) is 0 Å². The highest BCUT2D eigenvalue weighted by Gasteiger charge is 2.14. The van der Waals surface area contributed by atoms with E-state index in [1.54, 1.807) is 23.4 Å². The van der Waals surface area contributed by atoms with Crippen LogP contribution in [0.2, 0.25) is 4.47 Å². The number of anilines is 1. The summed E-state index contributed by atoms with van der Waals surface area (Å²) in [6.45, 7) is 2.24. The Hall–Kier alpha value is -1.66. The van der Waals surface area contributed by atoms with Crippen molar-refractivity contribution in [2.75, 3.05) is 11.4 Å². The SMILES string of the molecule is Cc1ccc(N(CC(=O)O)Cc2cnc(Cl)s2)nc1. The molecule has 0 saturated carbocycles. The van der Waals surface area contributed by atoms with E-state index in [9.17, 15) is 4.79 Å². The molecule has 0 aromatic carbocycles. The van der Waals surface area contributed by atoms with E-state index in [0.717, 1.165) is 10.4 Å². The van der Waals surface area contributed by atoms with Crippen LogP contribution in [0.5, 0.6) is 0 Å². The molecule has 0 saturated heterocycles. The summed E-state index contributed by atoms with van der Waals surface area (Å²) in [5.41, 5.74) is 1.03. The van der Waals surface area contributed by atoms with Crippen molar-refractivity contribution < 1.29 is 9.90 Å². The van der Waals surface area contributed by atoms with Crippen molar-refractivity contribution >= 4 is 34.7 Å². The smallest absolute Gasteiger partial charge is 0.323 e. The highest BCUT2D eigenvalue weighted by atomic mass is 35.5. The molecule has 0 spiro atoms. The Morgan fingerprint density at radius 2 is 2.21 bits per heavy atom. The molecule has 0 bridgehead atoms. The van der Waals surface area contributed by atoms with Crippen molar-refractivity contribution in [3.05, 3.63) is 39.4 Å². The van der Waals surface area contributed by atoms with E-state index in [2.05, 4.69) is 9.97 Å². The highest BCUT2D eigenvalue weighted by Crippen LogP contribution is 2.21. The standard InChI is InChI=1S/C12H12ClN3O2S/c1-8-2-3-10(14-4-8)16(7-11(17)18)6-9-5-15-12(13)19-9/h2-5H,6-7H2,1H3,(H,17,18). The van der Waals surface area contributed by atoms with Crippen LogP contribution in [0.15, 0.2) is 24.5 Å². The number of rotatable bonds is 5. The summed E-state index contributed by atoms with van der Waals surface area (Å²) in [7, 11) is 0. The number of hydrogen-bond donors (Lipinski definition) is 1. The van der Waals surface area contributed by atoms with Crippen molar-refractivity contribution in [2.24, 2.45) is 0 Å². The lowest BCUT2D eigenvalue weighted by atomic mass is 10.3. The molecule has 2 aromatic rings. The van der Waals surface area contributed by atoms with E-state index in [1.165, 1.54) is 11.3 Å². The second-order valence-corrected chi connectivity index (χ2v) is 5.72.